The molecule has 2 aromatic carbocycles. The standard InChI is InChI=1S/C27H27ClFN3O5/c1-17-14-32(18(2)13-31(17)15-19-3-6-21(29)7-4-19)26(33)16-36-24-8-5-20(28)11-25(24)37-22-9-10-30-23(12-22)27(34)35/h3-12,17-18H,13-16H2,1-2H3,(H,34,35). The molecule has 2 heterocycles. The summed E-state index contributed by atoms with van der Waals surface area (Å²) in [6.45, 7) is 5.72. The highest BCUT2D eigenvalue weighted by atomic mass is 35.5. The lowest BCUT2D eigenvalue weighted by Crippen LogP contribution is -2.58. The summed E-state index contributed by atoms with van der Waals surface area (Å²) in [5.41, 5.74) is 0.849. The van der Waals surface area contributed by atoms with E-state index in [1.54, 1.807) is 29.2 Å². The van der Waals surface area contributed by atoms with E-state index in [1.807, 2.05) is 6.92 Å². The molecule has 0 aliphatic carbocycles. The molecule has 2 unspecified atom stereocenters. The van der Waals surface area contributed by atoms with Crippen LogP contribution in [0.25, 0.3) is 0 Å². The summed E-state index contributed by atoms with van der Waals surface area (Å²) in [6.07, 6.45) is 1.33. The van der Waals surface area contributed by atoms with Crippen LogP contribution in [0.3, 0.4) is 0 Å². The molecule has 3 aromatic rings. The number of ether oxygens (including phenoxy) is 2. The summed E-state index contributed by atoms with van der Waals surface area (Å²) in [5, 5.41) is 9.55. The summed E-state index contributed by atoms with van der Waals surface area (Å²) in [4.78, 5) is 32.1. The van der Waals surface area contributed by atoms with Crippen LogP contribution in [0.15, 0.2) is 60.8 Å². The fourth-order valence-corrected chi connectivity index (χ4v) is 4.37. The van der Waals surface area contributed by atoms with Crippen LogP contribution in [-0.2, 0) is 11.3 Å². The maximum atomic E-state index is 13.2. The van der Waals surface area contributed by atoms with Gasteiger partial charge in [-0.25, -0.2) is 14.2 Å². The van der Waals surface area contributed by atoms with Crippen molar-refractivity contribution in [3.05, 3.63) is 82.9 Å². The lowest BCUT2D eigenvalue weighted by molar-refractivity contribution is -0.139. The Balaban J connectivity index is 1.39. The molecule has 1 saturated heterocycles. The summed E-state index contributed by atoms with van der Waals surface area (Å²) in [6, 6.07) is 14.1. The van der Waals surface area contributed by atoms with E-state index >= 15 is 0 Å². The summed E-state index contributed by atoms with van der Waals surface area (Å²) >= 11 is 6.12. The van der Waals surface area contributed by atoms with Crippen molar-refractivity contribution < 1.29 is 28.6 Å². The monoisotopic (exact) mass is 527 g/mol. The number of piperazine rings is 1. The average molecular weight is 528 g/mol. The third-order valence-electron chi connectivity index (χ3n) is 6.17. The molecule has 4 rings (SSSR count). The normalized spacial score (nSPS) is 17.9. The van der Waals surface area contributed by atoms with Gasteiger partial charge in [0.25, 0.3) is 5.91 Å². The number of halogens is 2. The van der Waals surface area contributed by atoms with E-state index in [9.17, 15) is 14.0 Å². The largest absolute Gasteiger partial charge is 0.480 e. The molecule has 8 nitrogen and oxygen atoms in total. The van der Waals surface area contributed by atoms with E-state index in [0.717, 1.165) is 5.56 Å². The molecule has 1 aliphatic rings. The maximum absolute atomic E-state index is 13.2. The van der Waals surface area contributed by atoms with Gasteiger partial charge in [0.15, 0.2) is 23.8 Å². The van der Waals surface area contributed by atoms with Crippen LogP contribution in [0.2, 0.25) is 5.02 Å². The number of carboxylic acids is 1. The zero-order valence-electron chi connectivity index (χ0n) is 20.4. The van der Waals surface area contributed by atoms with Crippen molar-refractivity contribution in [1.82, 2.24) is 14.8 Å². The number of amides is 1. The van der Waals surface area contributed by atoms with E-state index < -0.39 is 5.97 Å². The minimum absolute atomic E-state index is 0.0417. The van der Waals surface area contributed by atoms with Crippen molar-refractivity contribution in [3.8, 4) is 17.2 Å². The quantitative estimate of drug-likeness (QED) is 0.447. The number of carbonyl (C=O) groups is 2. The van der Waals surface area contributed by atoms with Gasteiger partial charge in [-0.05, 0) is 49.7 Å². The first-order valence-corrected chi connectivity index (χ1v) is 12.1. The Morgan fingerprint density at radius 1 is 1.05 bits per heavy atom. The summed E-state index contributed by atoms with van der Waals surface area (Å²) in [5.74, 6) is -0.833. The van der Waals surface area contributed by atoms with Crippen LogP contribution in [0.4, 0.5) is 4.39 Å². The molecule has 10 heteroatoms. The smallest absolute Gasteiger partial charge is 0.354 e. The second kappa shape index (κ2) is 11.6. The van der Waals surface area contributed by atoms with Gasteiger partial charge in [0, 0.05) is 55.1 Å². The van der Waals surface area contributed by atoms with Gasteiger partial charge < -0.3 is 19.5 Å². The number of hydrogen-bond donors (Lipinski definition) is 1. The minimum Gasteiger partial charge on any atom is -0.480 e. The molecule has 0 bridgehead atoms. The Bertz CT molecular complexity index is 1270. The topological polar surface area (TPSA) is 92.2 Å². The molecule has 0 saturated carbocycles. The minimum atomic E-state index is -1.18. The Morgan fingerprint density at radius 3 is 2.54 bits per heavy atom. The van der Waals surface area contributed by atoms with Gasteiger partial charge >= 0.3 is 5.97 Å². The van der Waals surface area contributed by atoms with Gasteiger partial charge in [-0.15, -0.1) is 0 Å². The van der Waals surface area contributed by atoms with Crippen LogP contribution in [-0.4, -0.2) is 63.5 Å². The third kappa shape index (κ3) is 6.75. The molecular weight excluding hydrogens is 501 g/mol. The number of benzene rings is 2. The number of aromatic nitrogens is 1. The summed E-state index contributed by atoms with van der Waals surface area (Å²) < 4.78 is 24.9. The van der Waals surface area contributed by atoms with Gasteiger partial charge in [0.05, 0.1) is 0 Å². The van der Waals surface area contributed by atoms with Crippen molar-refractivity contribution in [2.75, 3.05) is 19.7 Å². The highest BCUT2D eigenvalue weighted by Crippen LogP contribution is 2.34. The second-order valence-electron chi connectivity index (χ2n) is 8.96. The first-order valence-electron chi connectivity index (χ1n) is 11.8. The number of carboxylic acid groups (broad SMARTS) is 1. The van der Waals surface area contributed by atoms with Gasteiger partial charge in [0.1, 0.15) is 11.6 Å². The molecular formula is C27H27ClFN3O5. The number of aromatic carboxylic acids is 1. The first kappa shape index (κ1) is 26.4. The molecule has 1 aromatic heterocycles. The lowest BCUT2D eigenvalue weighted by Gasteiger charge is -2.44. The van der Waals surface area contributed by atoms with Crippen molar-refractivity contribution in [2.45, 2.75) is 32.5 Å². The van der Waals surface area contributed by atoms with Crippen LogP contribution < -0.4 is 9.47 Å². The molecule has 1 fully saturated rings. The first-order chi connectivity index (χ1) is 17.7. The number of pyridine rings is 1. The Labute approximate surface area is 219 Å². The average Bonchev–Trinajstić information content (AvgIpc) is 2.87. The number of hydrogen-bond acceptors (Lipinski definition) is 6. The number of rotatable bonds is 8. The van der Waals surface area contributed by atoms with Crippen molar-refractivity contribution in [2.24, 2.45) is 0 Å². The zero-order chi connectivity index (χ0) is 26.5. The van der Waals surface area contributed by atoms with Crippen LogP contribution in [0.5, 0.6) is 17.2 Å². The van der Waals surface area contributed by atoms with E-state index in [-0.39, 0.29) is 47.6 Å². The Hall–Kier alpha value is -3.69. The van der Waals surface area contributed by atoms with Gasteiger partial charge in [-0.1, -0.05) is 23.7 Å². The number of carbonyl (C=O) groups excluding carboxylic acids is 1. The molecule has 1 aliphatic heterocycles. The highest BCUT2D eigenvalue weighted by molar-refractivity contribution is 6.30. The summed E-state index contributed by atoms with van der Waals surface area (Å²) in [7, 11) is 0. The van der Waals surface area contributed by atoms with Crippen molar-refractivity contribution in [1.29, 1.82) is 0 Å². The fourth-order valence-electron chi connectivity index (χ4n) is 4.21. The molecule has 1 N–H and O–H groups in total. The molecule has 0 radical (unpaired) electrons. The van der Waals surface area contributed by atoms with Gasteiger partial charge in [-0.2, -0.15) is 0 Å². The molecule has 194 valence electrons. The van der Waals surface area contributed by atoms with Crippen molar-refractivity contribution in [3.63, 3.8) is 0 Å². The lowest BCUT2D eigenvalue weighted by atomic mass is 10.1. The van der Waals surface area contributed by atoms with Gasteiger partial charge in [0.2, 0.25) is 0 Å². The second-order valence-corrected chi connectivity index (χ2v) is 9.40. The molecule has 1 amide bonds. The van der Waals surface area contributed by atoms with Gasteiger partial charge in [-0.3, -0.25) is 9.69 Å². The molecule has 37 heavy (non-hydrogen) atoms. The van der Waals surface area contributed by atoms with Crippen molar-refractivity contribution >= 4 is 23.5 Å². The molecule has 0 spiro atoms. The Morgan fingerprint density at radius 2 is 1.81 bits per heavy atom. The van der Waals surface area contributed by atoms with E-state index in [0.29, 0.717) is 30.4 Å². The SMILES string of the molecule is CC1CN(C(=O)COc2ccc(Cl)cc2Oc2ccnc(C(=O)O)c2)C(C)CN1Cc1ccc(F)cc1. The molecule has 2 atom stereocenters. The Kier molecular flexibility index (Phi) is 8.25. The predicted molar refractivity (Wildman–Crippen MR) is 136 cm³/mol. The van der Waals surface area contributed by atoms with Crippen LogP contribution in [0, 0.1) is 5.82 Å². The van der Waals surface area contributed by atoms with Crippen LogP contribution in [0.1, 0.15) is 29.9 Å². The van der Waals surface area contributed by atoms with E-state index in [2.05, 4.69) is 16.8 Å². The maximum Gasteiger partial charge on any atom is 0.354 e. The van der Waals surface area contributed by atoms with Crippen LogP contribution >= 0.6 is 11.6 Å². The van der Waals surface area contributed by atoms with E-state index in [4.69, 9.17) is 26.2 Å². The number of nitrogens with zero attached hydrogens (tertiary/aromatic N) is 3. The third-order valence-corrected chi connectivity index (χ3v) is 6.40. The zero-order valence-corrected chi connectivity index (χ0v) is 21.2. The van der Waals surface area contributed by atoms with E-state index in [1.165, 1.54) is 36.5 Å². The predicted octanol–water partition coefficient (Wildman–Crippen LogP) is 4.86. The highest BCUT2D eigenvalue weighted by Gasteiger charge is 2.32. The fraction of sp³-hybridized carbons (Fsp3) is 0.296.